The van der Waals surface area contributed by atoms with Crippen LogP contribution in [0.15, 0.2) is 47.6 Å². The summed E-state index contributed by atoms with van der Waals surface area (Å²) in [6.07, 6.45) is -0.437. The van der Waals surface area contributed by atoms with E-state index in [1.807, 2.05) is 11.5 Å². The molecule has 3 aromatic rings. The van der Waals surface area contributed by atoms with Crippen molar-refractivity contribution in [2.75, 3.05) is 11.1 Å². The van der Waals surface area contributed by atoms with Crippen molar-refractivity contribution in [2.45, 2.75) is 38.6 Å². The first-order chi connectivity index (χ1) is 15.2. The van der Waals surface area contributed by atoms with E-state index in [9.17, 15) is 13.6 Å². The number of hydrogen-bond acceptors (Lipinski definition) is 5. The van der Waals surface area contributed by atoms with E-state index in [1.54, 1.807) is 12.1 Å². The van der Waals surface area contributed by atoms with E-state index in [-0.39, 0.29) is 22.5 Å². The molecule has 0 aliphatic heterocycles. The largest absolute Gasteiger partial charge is 0.483 e. The lowest BCUT2D eigenvalue weighted by Gasteiger charge is -2.17. The summed E-state index contributed by atoms with van der Waals surface area (Å²) in [4.78, 5) is 12.4. The third-order valence-corrected chi connectivity index (χ3v) is 5.60. The molecular formula is C22H23ClF2N4O2S. The molecule has 3 rings (SSSR count). The molecule has 32 heavy (non-hydrogen) atoms. The standard InChI is InChI=1S/C22H23ClF2N4O2S/c1-13(2)11-29-21(14(3)31-17-7-4-15(24)5-8-17)27-28-22(29)32-12-20(30)26-19-9-6-16(25)10-18(19)23/h4-10,13-14H,11-12H2,1-3H3,(H,26,30). The molecule has 1 heterocycles. The maximum Gasteiger partial charge on any atom is 0.234 e. The van der Waals surface area contributed by atoms with Gasteiger partial charge in [0.05, 0.1) is 16.5 Å². The van der Waals surface area contributed by atoms with Crippen LogP contribution in [0.1, 0.15) is 32.7 Å². The van der Waals surface area contributed by atoms with Crippen LogP contribution in [0.3, 0.4) is 0 Å². The smallest absolute Gasteiger partial charge is 0.234 e. The first-order valence-corrected chi connectivity index (χ1v) is 11.3. The zero-order valence-electron chi connectivity index (χ0n) is 17.8. The molecule has 0 saturated carbocycles. The Morgan fingerprint density at radius 2 is 1.81 bits per heavy atom. The Kier molecular flexibility index (Phi) is 8.09. The topological polar surface area (TPSA) is 69.0 Å². The van der Waals surface area contributed by atoms with Crippen molar-refractivity contribution in [1.29, 1.82) is 0 Å². The van der Waals surface area contributed by atoms with Crippen LogP contribution in [-0.4, -0.2) is 26.4 Å². The van der Waals surface area contributed by atoms with Crippen molar-refractivity contribution in [1.82, 2.24) is 14.8 Å². The van der Waals surface area contributed by atoms with Gasteiger partial charge in [0.15, 0.2) is 17.1 Å². The second-order valence-electron chi connectivity index (χ2n) is 7.52. The minimum Gasteiger partial charge on any atom is -0.483 e. The summed E-state index contributed by atoms with van der Waals surface area (Å²) in [5, 5.41) is 11.9. The number of rotatable bonds is 9. The fourth-order valence-corrected chi connectivity index (χ4v) is 3.89. The molecule has 1 aromatic heterocycles. The lowest BCUT2D eigenvalue weighted by molar-refractivity contribution is -0.113. The average Bonchev–Trinajstić information content (AvgIpc) is 3.12. The summed E-state index contributed by atoms with van der Waals surface area (Å²) in [6.45, 7) is 6.59. The average molecular weight is 481 g/mol. The number of thioether (sulfide) groups is 1. The number of benzene rings is 2. The van der Waals surface area contributed by atoms with Gasteiger partial charge in [-0.2, -0.15) is 0 Å². The molecule has 1 unspecified atom stereocenters. The number of aromatic nitrogens is 3. The van der Waals surface area contributed by atoms with Crippen molar-refractivity contribution >= 4 is 35.0 Å². The van der Waals surface area contributed by atoms with E-state index in [0.717, 1.165) is 6.07 Å². The van der Waals surface area contributed by atoms with Crippen molar-refractivity contribution in [3.05, 3.63) is 64.9 Å². The predicted molar refractivity (Wildman–Crippen MR) is 121 cm³/mol. The number of hydrogen-bond donors (Lipinski definition) is 1. The van der Waals surface area contributed by atoms with Gasteiger partial charge in [0.1, 0.15) is 17.4 Å². The zero-order chi connectivity index (χ0) is 23.3. The Morgan fingerprint density at radius 1 is 1.12 bits per heavy atom. The van der Waals surface area contributed by atoms with Gasteiger partial charge < -0.3 is 14.6 Å². The summed E-state index contributed by atoms with van der Waals surface area (Å²) in [5.74, 6) is 0.362. The number of ether oxygens (including phenoxy) is 1. The van der Waals surface area contributed by atoms with E-state index in [4.69, 9.17) is 16.3 Å². The van der Waals surface area contributed by atoms with Gasteiger partial charge in [0.25, 0.3) is 0 Å². The summed E-state index contributed by atoms with van der Waals surface area (Å²) in [5.41, 5.74) is 0.337. The second-order valence-corrected chi connectivity index (χ2v) is 8.87. The highest BCUT2D eigenvalue weighted by Crippen LogP contribution is 2.27. The lowest BCUT2D eigenvalue weighted by atomic mass is 10.2. The minimum absolute atomic E-state index is 0.0666. The molecule has 170 valence electrons. The molecule has 0 fully saturated rings. The Balaban J connectivity index is 1.69. The lowest BCUT2D eigenvalue weighted by Crippen LogP contribution is -2.17. The van der Waals surface area contributed by atoms with E-state index in [2.05, 4.69) is 29.4 Å². The molecule has 0 radical (unpaired) electrons. The van der Waals surface area contributed by atoms with Gasteiger partial charge in [-0.3, -0.25) is 4.79 Å². The second kappa shape index (κ2) is 10.8. The van der Waals surface area contributed by atoms with Crippen LogP contribution in [0.4, 0.5) is 14.5 Å². The number of halogens is 3. The Labute approximate surface area is 194 Å². The summed E-state index contributed by atoms with van der Waals surface area (Å²) in [7, 11) is 0. The predicted octanol–water partition coefficient (Wildman–Crippen LogP) is 5.74. The molecule has 1 amide bonds. The van der Waals surface area contributed by atoms with Crippen LogP contribution in [-0.2, 0) is 11.3 Å². The van der Waals surface area contributed by atoms with Gasteiger partial charge in [0.2, 0.25) is 5.91 Å². The first-order valence-electron chi connectivity index (χ1n) is 9.96. The van der Waals surface area contributed by atoms with Crippen LogP contribution in [0, 0.1) is 17.6 Å². The molecule has 0 spiro atoms. The van der Waals surface area contributed by atoms with Crippen molar-refractivity contribution in [3.63, 3.8) is 0 Å². The molecule has 10 heteroatoms. The van der Waals surface area contributed by atoms with Crippen LogP contribution < -0.4 is 10.1 Å². The third kappa shape index (κ3) is 6.43. The quantitative estimate of drug-likeness (QED) is 0.396. The third-order valence-electron chi connectivity index (χ3n) is 4.32. The van der Waals surface area contributed by atoms with E-state index in [1.165, 1.54) is 36.0 Å². The fraction of sp³-hybridized carbons (Fsp3) is 0.318. The fourth-order valence-electron chi connectivity index (χ4n) is 2.92. The number of nitrogens with zero attached hydrogens (tertiary/aromatic N) is 3. The van der Waals surface area contributed by atoms with Gasteiger partial charge >= 0.3 is 0 Å². The number of nitrogens with one attached hydrogen (secondary N) is 1. The summed E-state index contributed by atoms with van der Waals surface area (Å²) < 4.78 is 34.1. The van der Waals surface area contributed by atoms with Crippen LogP contribution in [0.25, 0.3) is 0 Å². The Bertz CT molecular complexity index is 1080. The summed E-state index contributed by atoms with van der Waals surface area (Å²) in [6, 6.07) is 9.53. The number of carbonyl (C=O) groups excluding carboxylic acids is 1. The van der Waals surface area contributed by atoms with E-state index in [0.29, 0.717) is 34.9 Å². The van der Waals surface area contributed by atoms with Gasteiger partial charge in [-0.1, -0.05) is 37.2 Å². The number of carbonyl (C=O) groups is 1. The van der Waals surface area contributed by atoms with E-state index < -0.39 is 11.9 Å². The first kappa shape index (κ1) is 24.0. The highest BCUT2D eigenvalue weighted by molar-refractivity contribution is 7.99. The monoisotopic (exact) mass is 480 g/mol. The highest BCUT2D eigenvalue weighted by atomic mass is 35.5. The SMILES string of the molecule is CC(C)Cn1c(SCC(=O)Nc2ccc(F)cc2Cl)nnc1C(C)Oc1ccc(F)cc1. The molecular weight excluding hydrogens is 458 g/mol. The zero-order valence-corrected chi connectivity index (χ0v) is 19.4. The van der Waals surface area contributed by atoms with Crippen LogP contribution >= 0.6 is 23.4 Å². The molecule has 0 bridgehead atoms. The summed E-state index contributed by atoms with van der Waals surface area (Å²) >= 11 is 7.19. The van der Waals surface area contributed by atoms with Crippen LogP contribution in [0.5, 0.6) is 5.75 Å². The van der Waals surface area contributed by atoms with Gasteiger partial charge in [-0.05, 0) is 55.3 Å². The van der Waals surface area contributed by atoms with Crippen molar-refractivity contribution in [2.24, 2.45) is 5.92 Å². The maximum atomic E-state index is 13.2. The van der Waals surface area contributed by atoms with E-state index >= 15 is 0 Å². The number of amides is 1. The highest BCUT2D eigenvalue weighted by Gasteiger charge is 2.21. The van der Waals surface area contributed by atoms with Crippen molar-refractivity contribution < 1.29 is 18.3 Å². The van der Waals surface area contributed by atoms with Crippen molar-refractivity contribution in [3.8, 4) is 5.75 Å². The minimum atomic E-state index is -0.478. The molecule has 2 aromatic carbocycles. The number of anilines is 1. The molecule has 6 nitrogen and oxygen atoms in total. The van der Waals surface area contributed by atoms with Gasteiger partial charge in [-0.25, -0.2) is 8.78 Å². The molecule has 0 saturated heterocycles. The molecule has 1 N–H and O–H groups in total. The normalized spacial score (nSPS) is 12.1. The molecule has 0 aliphatic rings. The Morgan fingerprint density at radius 3 is 2.47 bits per heavy atom. The Hall–Kier alpha value is -2.65. The van der Waals surface area contributed by atoms with Gasteiger partial charge in [-0.15, -0.1) is 10.2 Å². The van der Waals surface area contributed by atoms with Crippen LogP contribution in [0.2, 0.25) is 5.02 Å². The maximum absolute atomic E-state index is 13.2. The molecule has 0 aliphatic carbocycles. The molecule has 1 atom stereocenters. The van der Waals surface area contributed by atoms with Gasteiger partial charge in [0, 0.05) is 6.54 Å².